The third-order valence-electron chi connectivity index (χ3n) is 2.11. The van der Waals surface area contributed by atoms with Crippen LogP contribution in [0.4, 0.5) is 26.3 Å². The van der Waals surface area contributed by atoms with Crippen LogP contribution < -0.4 is 0 Å². The van der Waals surface area contributed by atoms with Crippen LogP contribution >= 0.6 is 0 Å². The molecule has 0 aromatic heterocycles. The van der Waals surface area contributed by atoms with Crippen LogP contribution in [0.1, 0.15) is 19.3 Å². The van der Waals surface area contributed by atoms with Gasteiger partial charge in [0, 0.05) is 12.8 Å². The summed E-state index contributed by atoms with van der Waals surface area (Å²) in [6.07, 6.45) is -8.53. The van der Waals surface area contributed by atoms with Crippen molar-refractivity contribution in [1.82, 2.24) is 0 Å². The van der Waals surface area contributed by atoms with Gasteiger partial charge in [-0.25, -0.2) is 0 Å². The fourth-order valence-electron chi connectivity index (χ4n) is 1.22. The molecular weight excluding hydrogens is 242 g/mol. The van der Waals surface area contributed by atoms with Crippen molar-refractivity contribution in [2.24, 2.45) is 0 Å². The molecule has 1 aliphatic rings. The molecule has 1 aliphatic carbocycles. The number of alkyl halides is 6. The minimum Gasteiger partial charge on any atom is -0.341 e. The first-order chi connectivity index (χ1) is 7.12. The lowest BCUT2D eigenvalue weighted by Crippen LogP contribution is -2.46. The minimum absolute atomic E-state index is 0.0547. The van der Waals surface area contributed by atoms with Crippen LogP contribution in [0.15, 0.2) is 0 Å². The van der Waals surface area contributed by atoms with Gasteiger partial charge in [-0.1, -0.05) is 0 Å². The Hall–Kier alpha value is -0.500. The predicted octanol–water partition coefficient (Wildman–Crippen LogP) is 3.02. The lowest BCUT2D eigenvalue weighted by atomic mass is 9.91. The molecule has 0 amide bonds. The summed E-state index contributed by atoms with van der Waals surface area (Å²) in [7, 11) is 0. The minimum atomic E-state index is -4.57. The summed E-state index contributed by atoms with van der Waals surface area (Å²) >= 11 is 0. The van der Waals surface area contributed by atoms with Gasteiger partial charge in [-0.3, -0.25) is 0 Å². The molecule has 0 heterocycles. The molecule has 0 aliphatic heterocycles. The average molecular weight is 252 g/mol. The van der Waals surface area contributed by atoms with Gasteiger partial charge in [-0.15, -0.1) is 0 Å². The van der Waals surface area contributed by atoms with Crippen molar-refractivity contribution in [1.29, 1.82) is 0 Å². The summed E-state index contributed by atoms with van der Waals surface area (Å²) in [6.45, 7) is -3.18. The Kier molecular flexibility index (Phi) is 3.73. The molecule has 0 atom stereocenters. The van der Waals surface area contributed by atoms with E-state index in [1.54, 1.807) is 0 Å². The van der Waals surface area contributed by atoms with Crippen molar-refractivity contribution in [3.05, 3.63) is 0 Å². The van der Waals surface area contributed by atoms with E-state index in [9.17, 15) is 26.3 Å². The number of ether oxygens (including phenoxy) is 2. The molecule has 96 valence electrons. The maximum absolute atomic E-state index is 11.8. The smallest absolute Gasteiger partial charge is 0.341 e. The van der Waals surface area contributed by atoms with Gasteiger partial charge >= 0.3 is 12.4 Å². The summed E-state index contributed by atoms with van der Waals surface area (Å²) < 4.78 is 79.7. The van der Waals surface area contributed by atoms with E-state index < -0.39 is 31.4 Å². The largest absolute Gasteiger partial charge is 0.411 e. The summed E-state index contributed by atoms with van der Waals surface area (Å²) in [6, 6.07) is 0. The number of hydrogen-bond acceptors (Lipinski definition) is 2. The zero-order valence-corrected chi connectivity index (χ0v) is 8.12. The lowest BCUT2D eigenvalue weighted by Gasteiger charge is -2.41. The predicted molar refractivity (Wildman–Crippen MR) is 40.6 cm³/mol. The van der Waals surface area contributed by atoms with E-state index >= 15 is 0 Å². The van der Waals surface area contributed by atoms with Crippen LogP contribution in [0.5, 0.6) is 0 Å². The Bertz CT molecular complexity index is 210. The summed E-state index contributed by atoms with van der Waals surface area (Å²) in [5, 5.41) is 0. The van der Waals surface area contributed by atoms with Gasteiger partial charge in [0.25, 0.3) is 0 Å². The maximum atomic E-state index is 11.8. The van der Waals surface area contributed by atoms with Gasteiger partial charge in [0.2, 0.25) is 0 Å². The Morgan fingerprint density at radius 1 is 0.812 bits per heavy atom. The van der Waals surface area contributed by atoms with Crippen LogP contribution in [0.25, 0.3) is 0 Å². The molecule has 0 aromatic rings. The van der Waals surface area contributed by atoms with Crippen LogP contribution in [0.3, 0.4) is 0 Å². The molecule has 2 nitrogen and oxygen atoms in total. The first kappa shape index (κ1) is 13.6. The molecule has 0 aromatic carbocycles. The maximum Gasteiger partial charge on any atom is 0.411 e. The third kappa shape index (κ3) is 4.56. The van der Waals surface area contributed by atoms with E-state index in [2.05, 4.69) is 9.47 Å². The fraction of sp³-hybridized carbons (Fsp3) is 1.00. The second kappa shape index (κ2) is 4.40. The summed E-state index contributed by atoms with van der Waals surface area (Å²) in [5.74, 6) is -1.70. The normalized spacial score (nSPS) is 20.6. The van der Waals surface area contributed by atoms with Gasteiger partial charge in [-0.05, 0) is 6.42 Å². The third-order valence-corrected chi connectivity index (χ3v) is 2.11. The van der Waals surface area contributed by atoms with Crippen LogP contribution in [-0.2, 0) is 9.47 Å². The van der Waals surface area contributed by atoms with Gasteiger partial charge in [-0.2, -0.15) is 26.3 Å². The molecule has 16 heavy (non-hydrogen) atoms. The fourth-order valence-corrected chi connectivity index (χ4v) is 1.22. The lowest BCUT2D eigenvalue weighted by molar-refractivity contribution is -0.334. The topological polar surface area (TPSA) is 18.5 Å². The number of hydrogen-bond donors (Lipinski definition) is 0. The molecule has 8 heteroatoms. The van der Waals surface area contributed by atoms with Crippen LogP contribution in [-0.4, -0.2) is 31.4 Å². The van der Waals surface area contributed by atoms with Crippen molar-refractivity contribution >= 4 is 0 Å². The molecule has 0 N–H and O–H groups in total. The summed E-state index contributed by atoms with van der Waals surface area (Å²) in [4.78, 5) is 0. The molecule has 0 saturated heterocycles. The van der Waals surface area contributed by atoms with Gasteiger partial charge in [0.1, 0.15) is 13.2 Å². The van der Waals surface area contributed by atoms with Crippen LogP contribution in [0, 0.1) is 0 Å². The van der Waals surface area contributed by atoms with Crippen molar-refractivity contribution in [3.8, 4) is 0 Å². The zero-order valence-electron chi connectivity index (χ0n) is 8.12. The van der Waals surface area contributed by atoms with Gasteiger partial charge in [0.15, 0.2) is 5.79 Å². The second-order valence-corrected chi connectivity index (χ2v) is 3.57. The van der Waals surface area contributed by atoms with Gasteiger partial charge in [0.05, 0.1) is 0 Å². The number of rotatable bonds is 4. The molecule has 0 radical (unpaired) electrons. The van der Waals surface area contributed by atoms with E-state index in [0.29, 0.717) is 6.42 Å². The highest BCUT2D eigenvalue weighted by atomic mass is 19.4. The van der Waals surface area contributed by atoms with E-state index in [-0.39, 0.29) is 12.8 Å². The van der Waals surface area contributed by atoms with Crippen molar-refractivity contribution in [3.63, 3.8) is 0 Å². The highest BCUT2D eigenvalue weighted by molar-refractivity contribution is 4.81. The SMILES string of the molecule is FC(F)(F)COC1(OCC(F)(F)F)CCC1. The molecule has 1 rings (SSSR count). The van der Waals surface area contributed by atoms with Crippen LogP contribution in [0.2, 0.25) is 0 Å². The molecule has 0 spiro atoms. The second-order valence-electron chi connectivity index (χ2n) is 3.57. The average Bonchev–Trinajstić information content (AvgIpc) is 1.97. The van der Waals surface area contributed by atoms with E-state index in [1.165, 1.54) is 0 Å². The molecule has 0 unspecified atom stereocenters. The molecule has 0 bridgehead atoms. The van der Waals surface area contributed by atoms with E-state index in [4.69, 9.17) is 0 Å². The van der Waals surface area contributed by atoms with Crippen molar-refractivity contribution in [2.75, 3.05) is 13.2 Å². The monoisotopic (exact) mass is 252 g/mol. The first-order valence-electron chi connectivity index (χ1n) is 4.53. The Morgan fingerprint density at radius 2 is 1.19 bits per heavy atom. The standard InChI is InChI=1S/C8H10F6O2/c9-7(10,11)4-15-6(2-1-3-6)16-5-8(12,13)14/h1-5H2. The highest BCUT2D eigenvalue weighted by Gasteiger charge is 2.45. The van der Waals surface area contributed by atoms with Crippen molar-refractivity contribution < 1.29 is 35.8 Å². The van der Waals surface area contributed by atoms with E-state index in [1.807, 2.05) is 0 Å². The van der Waals surface area contributed by atoms with E-state index in [0.717, 1.165) is 0 Å². The summed E-state index contributed by atoms with van der Waals surface area (Å²) in [5.41, 5.74) is 0. The Morgan fingerprint density at radius 3 is 1.38 bits per heavy atom. The zero-order chi connectivity index (χ0) is 12.4. The quantitative estimate of drug-likeness (QED) is 0.565. The molecule has 1 saturated carbocycles. The van der Waals surface area contributed by atoms with Gasteiger partial charge < -0.3 is 9.47 Å². The Balaban J connectivity index is 2.39. The van der Waals surface area contributed by atoms with Crippen molar-refractivity contribution in [2.45, 2.75) is 37.4 Å². The number of halogens is 6. The first-order valence-corrected chi connectivity index (χ1v) is 4.53. The Labute approximate surface area is 87.5 Å². The molecular formula is C8H10F6O2. The highest BCUT2D eigenvalue weighted by Crippen LogP contribution is 2.39. The molecule has 1 fully saturated rings.